The minimum atomic E-state index is -0.295. The molecular formula is C20H19BrFN5. The zero-order chi connectivity index (χ0) is 18.6. The fraction of sp³-hybridized carbons (Fsp3) is 0.250. The summed E-state index contributed by atoms with van der Waals surface area (Å²) in [4.78, 5) is 13.4. The zero-order valence-corrected chi connectivity index (χ0v) is 16.2. The maximum Gasteiger partial charge on any atom is 0.225 e. The molecule has 27 heavy (non-hydrogen) atoms. The van der Waals surface area contributed by atoms with Crippen LogP contribution >= 0.6 is 15.9 Å². The molecule has 1 saturated carbocycles. The first kappa shape index (κ1) is 17.9. The highest BCUT2D eigenvalue weighted by Gasteiger charge is 2.17. The second-order valence-corrected chi connectivity index (χ2v) is 7.43. The molecule has 0 amide bonds. The molecular weight excluding hydrogens is 409 g/mol. The standard InChI is InChI=1S/C20H19BrFN5/c21-16-11-14(22)5-6-17(16)25-19-12-18(13-7-9-23-10-8-13)26-20(27-19)24-15-3-1-2-4-15/h5-12,15H,1-4H2,(H2,24,25,26,27). The number of halogens is 2. The van der Waals surface area contributed by atoms with E-state index in [9.17, 15) is 4.39 Å². The van der Waals surface area contributed by atoms with E-state index in [-0.39, 0.29) is 5.82 Å². The molecule has 4 rings (SSSR count). The number of aromatic nitrogens is 3. The van der Waals surface area contributed by atoms with E-state index in [0.717, 1.165) is 29.8 Å². The average molecular weight is 428 g/mol. The molecule has 5 nitrogen and oxygen atoms in total. The third kappa shape index (κ3) is 4.42. The van der Waals surface area contributed by atoms with Gasteiger partial charge in [0.25, 0.3) is 0 Å². The number of pyridine rings is 1. The Balaban J connectivity index is 1.68. The molecule has 0 saturated heterocycles. The largest absolute Gasteiger partial charge is 0.351 e. The fourth-order valence-corrected chi connectivity index (χ4v) is 3.68. The van der Waals surface area contributed by atoms with Crippen LogP contribution in [0.5, 0.6) is 0 Å². The number of nitrogens with one attached hydrogen (secondary N) is 2. The normalized spacial score (nSPS) is 14.3. The first-order valence-electron chi connectivity index (χ1n) is 8.95. The summed E-state index contributed by atoms with van der Waals surface area (Å²) in [5, 5.41) is 6.71. The lowest BCUT2D eigenvalue weighted by Crippen LogP contribution is -2.17. The molecule has 1 aromatic carbocycles. The van der Waals surface area contributed by atoms with Crippen LogP contribution in [0.15, 0.2) is 53.3 Å². The van der Waals surface area contributed by atoms with Crippen molar-refractivity contribution in [1.29, 1.82) is 0 Å². The van der Waals surface area contributed by atoms with Crippen molar-refractivity contribution in [3.8, 4) is 11.3 Å². The topological polar surface area (TPSA) is 62.7 Å². The van der Waals surface area contributed by atoms with Crippen molar-refractivity contribution in [2.45, 2.75) is 31.7 Å². The predicted molar refractivity (Wildman–Crippen MR) is 109 cm³/mol. The Bertz CT molecular complexity index is 929. The molecule has 0 spiro atoms. The Kier molecular flexibility index (Phi) is 5.29. The SMILES string of the molecule is Fc1ccc(Nc2cc(-c3ccncc3)nc(NC3CCCC3)n2)c(Br)c1. The molecule has 0 bridgehead atoms. The summed E-state index contributed by atoms with van der Waals surface area (Å²) in [6.07, 6.45) is 8.21. The smallest absolute Gasteiger partial charge is 0.225 e. The number of rotatable bonds is 5. The quantitative estimate of drug-likeness (QED) is 0.559. The molecule has 2 heterocycles. The van der Waals surface area contributed by atoms with Gasteiger partial charge >= 0.3 is 0 Å². The van der Waals surface area contributed by atoms with Gasteiger partial charge in [-0.05, 0) is 59.1 Å². The number of nitrogens with zero attached hydrogens (tertiary/aromatic N) is 3. The Morgan fingerprint density at radius 1 is 1.00 bits per heavy atom. The van der Waals surface area contributed by atoms with Crippen LogP contribution in [0.4, 0.5) is 21.8 Å². The maximum absolute atomic E-state index is 13.4. The van der Waals surface area contributed by atoms with Crippen LogP contribution in [0.2, 0.25) is 0 Å². The van der Waals surface area contributed by atoms with Gasteiger partial charge in [0.1, 0.15) is 11.6 Å². The molecule has 3 aromatic rings. The molecule has 7 heteroatoms. The van der Waals surface area contributed by atoms with Gasteiger partial charge in [0.2, 0.25) is 5.95 Å². The summed E-state index contributed by atoms with van der Waals surface area (Å²) in [5.41, 5.74) is 2.50. The maximum atomic E-state index is 13.4. The summed E-state index contributed by atoms with van der Waals surface area (Å²) in [6.45, 7) is 0. The van der Waals surface area contributed by atoms with E-state index < -0.39 is 0 Å². The lowest BCUT2D eigenvalue weighted by Gasteiger charge is -2.15. The van der Waals surface area contributed by atoms with Gasteiger partial charge in [-0.3, -0.25) is 4.98 Å². The van der Waals surface area contributed by atoms with Crippen LogP contribution in [0.25, 0.3) is 11.3 Å². The Hall–Kier alpha value is -2.54. The molecule has 0 radical (unpaired) electrons. The van der Waals surface area contributed by atoms with E-state index in [2.05, 4.69) is 41.5 Å². The van der Waals surface area contributed by atoms with Crippen LogP contribution in [0.1, 0.15) is 25.7 Å². The first-order chi connectivity index (χ1) is 13.2. The third-order valence-corrected chi connectivity index (χ3v) is 5.24. The summed E-state index contributed by atoms with van der Waals surface area (Å²) in [7, 11) is 0. The van der Waals surface area contributed by atoms with Crippen molar-refractivity contribution < 1.29 is 4.39 Å². The Labute approximate surface area is 165 Å². The monoisotopic (exact) mass is 427 g/mol. The highest BCUT2D eigenvalue weighted by Crippen LogP contribution is 2.29. The van der Waals surface area contributed by atoms with Gasteiger partial charge in [-0.25, -0.2) is 9.37 Å². The van der Waals surface area contributed by atoms with Crippen LogP contribution in [0, 0.1) is 5.82 Å². The van der Waals surface area contributed by atoms with Crippen molar-refractivity contribution in [1.82, 2.24) is 15.0 Å². The molecule has 2 aromatic heterocycles. The highest BCUT2D eigenvalue weighted by molar-refractivity contribution is 9.10. The van der Waals surface area contributed by atoms with E-state index >= 15 is 0 Å². The van der Waals surface area contributed by atoms with Crippen LogP contribution in [-0.2, 0) is 0 Å². The second-order valence-electron chi connectivity index (χ2n) is 6.57. The Morgan fingerprint density at radius 2 is 1.78 bits per heavy atom. The predicted octanol–water partition coefficient (Wildman–Crippen LogP) is 5.54. The van der Waals surface area contributed by atoms with E-state index in [1.165, 1.54) is 25.0 Å². The van der Waals surface area contributed by atoms with Crippen molar-refractivity contribution in [2.24, 2.45) is 0 Å². The summed E-state index contributed by atoms with van der Waals surface area (Å²) in [5.74, 6) is 0.942. The van der Waals surface area contributed by atoms with E-state index in [4.69, 9.17) is 0 Å². The summed E-state index contributed by atoms with van der Waals surface area (Å²) >= 11 is 3.39. The van der Waals surface area contributed by atoms with Crippen molar-refractivity contribution in [3.63, 3.8) is 0 Å². The molecule has 0 atom stereocenters. The molecule has 1 aliphatic carbocycles. The van der Waals surface area contributed by atoms with E-state index in [1.807, 2.05) is 18.2 Å². The van der Waals surface area contributed by atoms with Crippen molar-refractivity contribution in [3.05, 3.63) is 59.1 Å². The summed E-state index contributed by atoms with van der Waals surface area (Å²) < 4.78 is 14.0. The van der Waals surface area contributed by atoms with Gasteiger partial charge in [0, 0.05) is 34.5 Å². The minimum absolute atomic E-state index is 0.295. The van der Waals surface area contributed by atoms with Gasteiger partial charge in [-0.15, -0.1) is 0 Å². The molecule has 0 aliphatic heterocycles. The van der Waals surface area contributed by atoms with Gasteiger partial charge in [-0.1, -0.05) is 12.8 Å². The highest BCUT2D eigenvalue weighted by atomic mass is 79.9. The molecule has 2 N–H and O–H groups in total. The van der Waals surface area contributed by atoms with Crippen LogP contribution in [-0.4, -0.2) is 21.0 Å². The Morgan fingerprint density at radius 3 is 2.52 bits per heavy atom. The van der Waals surface area contributed by atoms with Gasteiger partial charge in [0.15, 0.2) is 0 Å². The van der Waals surface area contributed by atoms with E-state index in [1.54, 1.807) is 18.5 Å². The van der Waals surface area contributed by atoms with E-state index in [0.29, 0.717) is 22.3 Å². The number of hydrogen-bond acceptors (Lipinski definition) is 5. The first-order valence-corrected chi connectivity index (χ1v) is 9.75. The van der Waals surface area contributed by atoms with Gasteiger partial charge in [-0.2, -0.15) is 4.98 Å². The zero-order valence-electron chi connectivity index (χ0n) is 14.6. The summed E-state index contributed by atoms with van der Waals surface area (Å²) in [6, 6.07) is 10.6. The van der Waals surface area contributed by atoms with Crippen LogP contribution in [0.3, 0.4) is 0 Å². The molecule has 1 fully saturated rings. The average Bonchev–Trinajstić information content (AvgIpc) is 3.18. The number of benzene rings is 1. The molecule has 0 unspecified atom stereocenters. The fourth-order valence-electron chi connectivity index (χ4n) is 3.23. The van der Waals surface area contributed by atoms with Gasteiger partial charge < -0.3 is 10.6 Å². The second kappa shape index (κ2) is 8.00. The lowest BCUT2D eigenvalue weighted by atomic mass is 10.2. The molecule has 138 valence electrons. The van der Waals surface area contributed by atoms with Crippen molar-refractivity contribution in [2.75, 3.05) is 10.6 Å². The lowest BCUT2D eigenvalue weighted by molar-refractivity contribution is 0.627. The third-order valence-electron chi connectivity index (χ3n) is 4.58. The number of hydrogen-bond donors (Lipinski definition) is 2. The number of anilines is 3. The van der Waals surface area contributed by atoms with Crippen LogP contribution < -0.4 is 10.6 Å². The minimum Gasteiger partial charge on any atom is -0.351 e. The van der Waals surface area contributed by atoms with Gasteiger partial charge in [0.05, 0.1) is 11.4 Å². The molecule has 1 aliphatic rings. The van der Waals surface area contributed by atoms with Crippen molar-refractivity contribution >= 4 is 33.4 Å².